The Balaban J connectivity index is 1.75. The van der Waals surface area contributed by atoms with E-state index in [1.165, 1.54) is 6.33 Å². The van der Waals surface area contributed by atoms with Crippen LogP contribution in [-0.2, 0) is 0 Å². The van der Waals surface area contributed by atoms with Gasteiger partial charge in [-0.15, -0.1) is 0 Å². The van der Waals surface area contributed by atoms with Crippen LogP contribution in [0.4, 0.5) is 11.5 Å². The lowest BCUT2D eigenvalue weighted by atomic mass is 10.1. The molecule has 2 aromatic carbocycles. The van der Waals surface area contributed by atoms with Gasteiger partial charge in [0.2, 0.25) is 0 Å². The van der Waals surface area contributed by atoms with Gasteiger partial charge >= 0.3 is 0 Å². The molecule has 0 bridgehead atoms. The minimum absolute atomic E-state index is 0.0499. The number of nitrogens with one attached hydrogen (secondary N) is 2. The highest BCUT2D eigenvalue weighted by molar-refractivity contribution is 6.04. The molecule has 3 aromatic rings. The summed E-state index contributed by atoms with van der Waals surface area (Å²) in [4.78, 5) is 20.9. The molecule has 0 saturated carbocycles. The van der Waals surface area contributed by atoms with Gasteiger partial charge in [-0.1, -0.05) is 36.4 Å². The first-order chi connectivity index (χ1) is 13.1. The third kappa shape index (κ3) is 4.61. The Bertz CT molecular complexity index is 928. The molecule has 1 atom stereocenters. The zero-order valence-corrected chi connectivity index (χ0v) is 15.6. The van der Waals surface area contributed by atoms with Gasteiger partial charge in [0.15, 0.2) is 0 Å². The van der Waals surface area contributed by atoms with Gasteiger partial charge < -0.3 is 15.4 Å². The van der Waals surface area contributed by atoms with Gasteiger partial charge in [-0.25, -0.2) is 9.97 Å². The average Bonchev–Trinajstić information content (AvgIpc) is 2.69. The van der Waals surface area contributed by atoms with Crippen molar-refractivity contribution < 1.29 is 9.53 Å². The maximum absolute atomic E-state index is 12.6. The molecule has 0 radical (unpaired) electrons. The molecule has 6 nitrogen and oxygen atoms in total. The van der Waals surface area contributed by atoms with Gasteiger partial charge in [-0.05, 0) is 37.1 Å². The second-order valence-electron chi connectivity index (χ2n) is 6.22. The number of hydrogen-bond acceptors (Lipinski definition) is 5. The van der Waals surface area contributed by atoms with Crippen molar-refractivity contribution in [3.05, 3.63) is 77.7 Å². The van der Waals surface area contributed by atoms with E-state index in [2.05, 4.69) is 20.6 Å². The molecule has 6 heteroatoms. The summed E-state index contributed by atoms with van der Waals surface area (Å²) in [7, 11) is 1.57. The minimum atomic E-state index is -0.322. The topological polar surface area (TPSA) is 76.1 Å². The van der Waals surface area contributed by atoms with Crippen LogP contribution in [0.1, 0.15) is 34.6 Å². The van der Waals surface area contributed by atoms with Crippen LogP contribution in [0.15, 0.2) is 60.9 Å². The number of nitrogens with zero attached hydrogens (tertiary/aromatic N) is 2. The summed E-state index contributed by atoms with van der Waals surface area (Å²) in [5.41, 5.74) is 3.03. The van der Waals surface area contributed by atoms with Crippen molar-refractivity contribution in [2.45, 2.75) is 19.9 Å². The van der Waals surface area contributed by atoms with Crippen LogP contribution in [0.3, 0.4) is 0 Å². The van der Waals surface area contributed by atoms with E-state index in [1.807, 2.05) is 62.4 Å². The van der Waals surface area contributed by atoms with Gasteiger partial charge in [0.05, 0.1) is 12.8 Å². The summed E-state index contributed by atoms with van der Waals surface area (Å²) in [5.74, 6) is 0.860. The van der Waals surface area contributed by atoms with Crippen molar-refractivity contribution in [3.8, 4) is 5.75 Å². The SMILES string of the molecule is COc1ccc(C)cc1NC(=O)c1cc(NC(C)c2ccccc2)ncn1. The second kappa shape index (κ2) is 8.31. The van der Waals surface area contributed by atoms with Crippen molar-refractivity contribution in [2.75, 3.05) is 17.7 Å². The number of rotatable bonds is 6. The van der Waals surface area contributed by atoms with E-state index in [1.54, 1.807) is 13.2 Å². The van der Waals surface area contributed by atoms with Crippen LogP contribution in [0.2, 0.25) is 0 Å². The molecule has 1 aromatic heterocycles. The number of hydrogen-bond donors (Lipinski definition) is 2. The summed E-state index contributed by atoms with van der Waals surface area (Å²) in [6, 6.07) is 17.3. The summed E-state index contributed by atoms with van der Waals surface area (Å²) in [6.07, 6.45) is 1.38. The summed E-state index contributed by atoms with van der Waals surface area (Å²) in [6.45, 7) is 3.99. The molecule has 1 amide bonds. The number of aryl methyl sites for hydroxylation is 1. The molecule has 0 saturated heterocycles. The fourth-order valence-corrected chi connectivity index (χ4v) is 2.71. The quantitative estimate of drug-likeness (QED) is 0.687. The van der Waals surface area contributed by atoms with E-state index < -0.39 is 0 Å². The molecular weight excluding hydrogens is 340 g/mol. The third-order valence-electron chi connectivity index (χ3n) is 4.17. The Morgan fingerprint density at radius 3 is 2.59 bits per heavy atom. The Morgan fingerprint density at radius 1 is 1.07 bits per heavy atom. The average molecular weight is 362 g/mol. The summed E-state index contributed by atoms with van der Waals surface area (Å²) < 4.78 is 5.30. The highest BCUT2D eigenvalue weighted by Gasteiger charge is 2.13. The van der Waals surface area contributed by atoms with Crippen molar-refractivity contribution in [2.24, 2.45) is 0 Å². The fraction of sp³-hybridized carbons (Fsp3) is 0.190. The van der Waals surface area contributed by atoms with E-state index in [0.717, 1.165) is 11.1 Å². The smallest absolute Gasteiger partial charge is 0.274 e. The number of aromatic nitrogens is 2. The standard InChI is InChI=1S/C21H22N4O2/c1-14-9-10-19(27-3)17(11-14)25-21(26)18-12-20(23-13-22-18)24-15(2)16-7-5-4-6-8-16/h4-13,15H,1-3H3,(H,25,26)(H,22,23,24). The molecule has 0 aliphatic rings. The lowest BCUT2D eigenvalue weighted by Gasteiger charge is -2.15. The maximum Gasteiger partial charge on any atom is 0.274 e. The van der Waals surface area contributed by atoms with Crippen LogP contribution in [-0.4, -0.2) is 23.0 Å². The molecule has 1 heterocycles. The maximum atomic E-state index is 12.6. The van der Waals surface area contributed by atoms with Crippen LogP contribution in [0.5, 0.6) is 5.75 Å². The van der Waals surface area contributed by atoms with E-state index in [9.17, 15) is 4.79 Å². The highest BCUT2D eigenvalue weighted by atomic mass is 16.5. The van der Waals surface area contributed by atoms with E-state index in [4.69, 9.17) is 4.74 Å². The molecule has 0 aliphatic heterocycles. The first-order valence-electron chi connectivity index (χ1n) is 8.66. The molecule has 0 spiro atoms. The van der Waals surface area contributed by atoms with Crippen LogP contribution in [0.25, 0.3) is 0 Å². The Morgan fingerprint density at radius 2 is 1.85 bits per heavy atom. The van der Waals surface area contributed by atoms with Crippen molar-refractivity contribution in [3.63, 3.8) is 0 Å². The van der Waals surface area contributed by atoms with Gasteiger partial charge in [-0.3, -0.25) is 4.79 Å². The molecule has 0 fully saturated rings. The molecule has 1 unspecified atom stereocenters. The molecule has 2 N–H and O–H groups in total. The number of benzene rings is 2. The van der Waals surface area contributed by atoms with Crippen LogP contribution >= 0.6 is 0 Å². The first-order valence-corrected chi connectivity index (χ1v) is 8.66. The molecule has 138 valence electrons. The van der Waals surface area contributed by atoms with Gasteiger partial charge in [0.1, 0.15) is 23.6 Å². The molecule has 0 aliphatic carbocycles. The number of carbonyl (C=O) groups excluding carboxylic acids is 1. The highest BCUT2D eigenvalue weighted by Crippen LogP contribution is 2.26. The number of methoxy groups -OCH3 is 1. The van der Waals surface area contributed by atoms with Crippen molar-refractivity contribution in [1.82, 2.24) is 9.97 Å². The monoisotopic (exact) mass is 362 g/mol. The van der Waals surface area contributed by atoms with E-state index in [0.29, 0.717) is 17.3 Å². The lowest BCUT2D eigenvalue weighted by molar-refractivity contribution is 0.102. The number of carbonyl (C=O) groups is 1. The van der Waals surface area contributed by atoms with Crippen molar-refractivity contribution >= 4 is 17.4 Å². The van der Waals surface area contributed by atoms with Gasteiger partial charge in [0, 0.05) is 12.1 Å². The number of anilines is 2. The van der Waals surface area contributed by atoms with E-state index in [-0.39, 0.29) is 17.6 Å². The Hall–Kier alpha value is -3.41. The summed E-state index contributed by atoms with van der Waals surface area (Å²) >= 11 is 0. The summed E-state index contributed by atoms with van der Waals surface area (Å²) in [5, 5.41) is 6.14. The normalized spacial score (nSPS) is 11.5. The predicted molar refractivity (Wildman–Crippen MR) is 106 cm³/mol. The Kier molecular flexibility index (Phi) is 5.66. The van der Waals surface area contributed by atoms with Crippen LogP contribution in [0, 0.1) is 6.92 Å². The molecule has 27 heavy (non-hydrogen) atoms. The second-order valence-corrected chi connectivity index (χ2v) is 6.22. The zero-order valence-electron chi connectivity index (χ0n) is 15.6. The number of ether oxygens (including phenoxy) is 1. The molecule has 3 rings (SSSR count). The zero-order chi connectivity index (χ0) is 19.2. The molecular formula is C21H22N4O2. The number of amides is 1. The lowest BCUT2D eigenvalue weighted by Crippen LogP contribution is -2.16. The Labute approximate surface area is 158 Å². The largest absolute Gasteiger partial charge is 0.495 e. The van der Waals surface area contributed by atoms with E-state index >= 15 is 0 Å². The fourth-order valence-electron chi connectivity index (χ4n) is 2.71. The predicted octanol–water partition coefficient (Wildman–Crippen LogP) is 4.22. The van der Waals surface area contributed by atoms with Gasteiger partial charge in [-0.2, -0.15) is 0 Å². The minimum Gasteiger partial charge on any atom is -0.495 e. The van der Waals surface area contributed by atoms with Crippen molar-refractivity contribution in [1.29, 1.82) is 0 Å². The van der Waals surface area contributed by atoms with Crippen LogP contribution < -0.4 is 15.4 Å². The third-order valence-corrected chi connectivity index (χ3v) is 4.17. The first kappa shape index (κ1) is 18.4. The van der Waals surface area contributed by atoms with Gasteiger partial charge in [0.25, 0.3) is 5.91 Å².